The van der Waals surface area contributed by atoms with Crippen LogP contribution < -0.4 is 5.73 Å². The third-order valence-corrected chi connectivity index (χ3v) is 4.49. The fourth-order valence-corrected chi connectivity index (χ4v) is 2.74. The van der Waals surface area contributed by atoms with Crippen molar-refractivity contribution < 1.29 is 0 Å². The smallest absolute Gasteiger partial charge is 0.123 e. The Morgan fingerprint density at radius 1 is 1.26 bits per heavy atom. The van der Waals surface area contributed by atoms with Crippen molar-refractivity contribution in [1.82, 2.24) is 9.55 Å². The van der Waals surface area contributed by atoms with E-state index < -0.39 is 0 Å². The largest absolute Gasteiger partial charge is 0.325 e. The predicted molar refractivity (Wildman–Crippen MR) is 82.1 cm³/mol. The fourth-order valence-electron chi connectivity index (χ4n) is 2.25. The van der Waals surface area contributed by atoms with E-state index in [9.17, 15) is 0 Å². The normalized spacial score (nSPS) is 11.0. The van der Waals surface area contributed by atoms with Gasteiger partial charge in [0.15, 0.2) is 0 Å². The van der Waals surface area contributed by atoms with Crippen molar-refractivity contribution in [3.63, 3.8) is 0 Å². The molecule has 0 spiro atoms. The summed E-state index contributed by atoms with van der Waals surface area (Å²) in [5, 5.41) is 0. The summed E-state index contributed by atoms with van der Waals surface area (Å²) in [6.07, 6.45) is 1.94. The van der Waals surface area contributed by atoms with Crippen molar-refractivity contribution in [2.24, 2.45) is 12.8 Å². The number of rotatable bonds is 4. The van der Waals surface area contributed by atoms with Crippen molar-refractivity contribution in [3.05, 3.63) is 51.0 Å². The van der Waals surface area contributed by atoms with Crippen LogP contribution in [-0.2, 0) is 26.4 Å². The zero-order chi connectivity index (χ0) is 14.0. The van der Waals surface area contributed by atoms with Crippen LogP contribution in [0.15, 0.2) is 22.8 Å². The molecule has 1 heterocycles. The van der Waals surface area contributed by atoms with Crippen molar-refractivity contribution in [1.29, 1.82) is 0 Å². The minimum atomic E-state index is 0.471. The molecular formula is C15H20BrN3. The zero-order valence-electron chi connectivity index (χ0n) is 11.7. The molecule has 19 heavy (non-hydrogen) atoms. The topological polar surface area (TPSA) is 43.8 Å². The van der Waals surface area contributed by atoms with Gasteiger partial charge in [0, 0.05) is 7.05 Å². The van der Waals surface area contributed by atoms with Crippen LogP contribution in [0.25, 0.3) is 0 Å². The van der Waals surface area contributed by atoms with Crippen LogP contribution in [0.1, 0.15) is 28.2 Å². The first-order chi connectivity index (χ1) is 9.02. The van der Waals surface area contributed by atoms with E-state index in [1.807, 2.05) is 11.6 Å². The van der Waals surface area contributed by atoms with Gasteiger partial charge in [-0.25, -0.2) is 4.98 Å². The number of aryl methyl sites for hydroxylation is 4. The van der Waals surface area contributed by atoms with E-state index in [-0.39, 0.29) is 0 Å². The van der Waals surface area contributed by atoms with Gasteiger partial charge in [0.1, 0.15) is 10.4 Å². The summed E-state index contributed by atoms with van der Waals surface area (Å²) in [7, 11) is 1.99. The first-order valence-electron chi connectivity index (χ1n) is 6.49. The molecule has 1 aromatic carbocycles. The van der Waals surface area contributed by atoms with Crippen LogP contribution in [0.5, 0.6) is 0 Å². The van der Waals surface area contributed by atoms with Crippen molar-refractivity contribution in [2.75, 3.05) is 0 Å². The highest BCUT2D eigenvalue weighted by Crippen LogP contribution is 2.20. The molecule has 0 saturated heterocycles. The van der Waals surface area contributed by atoms with E-state index in [2.05, 4.69) is 53.0 Å². The molecular weight excluding hydrogens is 302 g/mol. The summed E-state index contributed by atoms with van der Waals surface area (Å²) in [6.45, 7) is 4.76. The average Bonchev–Trinajstić information content (AvgIpc) is 2.67. The molecule has 0 bridgehead atoms. The van der Waals surface area contributed by atoms with Gasteiger partial charge in [-0.1, -0.05) is 23.8 Å². The molecule has 102 valence electrons. The van der Waals surface area contributed by atoms with Gasteiger partial charge < -0.3 is 10.3 Å². The molecule has 3 nitrogen and oxygen atoms in total. The van der Waals surface area contributed by atoms with Crippen LogP contribution in [0.2, 0.25) is 0 Å². The quantitative estimate of drug-likeness (QED) is 0.940. The minimum absolute atomic E-state index is 0.471. The Morgan fingerprint density at radius 3 is 2.63 bits per heavy atom. The third-order valence-electron chi connectivity index (χ3n) is 3.50. The number of halogens is 1. The van der Waals surface area contributed by atoms with Crippen molar-refractivity contribution in [2.45, 2.75) is 33.2 Å². The van der Waals surface area contributed by atoms with Gasteiger partial charge in [0.25, 0.3) is 0 Å². The minimum Gasteiger partial charge on any atom is -0.325 e. The average molecular weight is 322 g/mol. The van der Waals surface area contributed by atoms with E-state index in [4.69, 9.17) is 5.73 Å². The van der Waals surface area contributed by atoms with Crippen LogP contribution in [0, 0.1) is 13.8 Å². The monoisotopic (exact) mass is 321 g/mol. The van der Waals surface area contributed by atoms with E-state index in [0.29, 0.717) is 6.54 Å². The van der Waals surface area contributed by atoms with Gasteiger partial charge in [-0.2, -0.15) is 0 Å². The highest BCUT2D eigenvalue weighted by Gasteiger charge is 2.11. The molecule has 0 unspecified atom stereocenters. The molecule has 0 aliphatic carbocycles. The highest BCUT2D eigenvalue weighted by atomic mass is 79.9. The first kappa shape index (κ1) is 14.3. The van der Waals surface area contributed by atoms with E-state index >= 15 is 0 Å². The molecule has 0 aliphatic rings. The van der Waals surface area contributed by atoms with Crippen molar-refractivity contribution >= 4 is 15.9 Å². The van der Waals surface area contributed by atoms with Crippen LogP contribution in [0.4, 0.5) is 0 Å². The standard InChI is InChI=1S/C15H20BrN3/c1-10-4-5-11(2)12(8-10)6-7-13-15(16)19(3)14(9-17)18-13/h4-5,8H,6-7,9,17H2,1-3H3. The Hall–Kier alpha value is -1.13. The molecule has 0 fully saturated rings. The Kier molecular flexibility index (Phi) is 4.42. The molecule has 0 radical (unpaired) electrons. The Balaban J connectivity index is 2.16. The molecule has 4 heteroatoms. The molecule has 0 amide bonds. The number of hydrogen-bond acceptors (Lipinski definition) is 2. The maximum absolute atomic E-state index is 5.68. The van der Waals surface area contributed by atoms with Gasteiger partial charge in [0.05, 0.1) is 12.2 Å². The van der Waals surface area contributed by atoms with E-state index in [1.54, 1.807) is 0 Å². The van der Waals surface area contributed by atoms with E-state index in [0.717, 1.165) is 29.0 Å². The summed E-state index contributed by atoms with van der Waals surface area (Å²) in [4.78, 5) is 4.59. The summed E-state index contributed by atoms with van der Waals surface area (Å²) in [5.74, 6) is 0.919. The number of aromatic nitrogens is 2. The summed E-state index contributed by atoms with van der Waals surface area (Å²) >= 11 is 3.59. The summed E-state index contributed by atoms with van der Waals surface area (Å²) in [6, 6.07) is 6.60. The Bertz CT molecular complexity index is 587. The summed E-state index contributed by atoms with van der Waals surface area (Å²) < 4.78 is 3.05. The van der Waals surface area contributed by atoms with Crippen LogP contribution in [-0.4, -0.2) is 9.55 Å². The van der Waals surface area contributed by atoms with Crippen LogP contribution >= 0.6 is 15.9 Å². The maximum atomic E-state index is 5.68. The second-order valence-corrected chi connectivity index (χ2v) is 5.71. The molecule has 0 atom stereocenters. The summed E-state index contributed by atoms with van der Waals surface area (Å²) in [5.41, 5.74) is 10.8. The first-order valence-corrected chi connectivity index (χ1v) is 7.28. The lowest BCUT2D eigenvalue weighted by Gasteiger charge is -2.06. The lowest BCUT2D eigenvalue weighted by atomic mass is 10.0. The molecule has 1 aromatic heterocycles. The van der Waals surface area contributed by atoms with Gasteiger partial charge in [0.2, 0.25) is 0 Å². The molecule has 0 aliphatic heterocycles. The highest BCUT2D eigenvalue weighted by molar-refractivity contribution is 9.10. The lowest BCUT2D eigenvalue weighted by Crippen LogP contribution is -2.04. The second-order valence-electron chi connectivity index (χ2n) is 4.96. The molecule has 2 N–H and O–H groups in total. The number of imidazole rings is 1. The number of hydrogen-bond donors (Lipinski definition) is 1. The Morgan fingerprint density at radius 2 is 2.00 bits per heavy atom. The molecule has 0 saturated carbocycles. The molecule has 2 aromatic rings. The van der Waals surface area contributed by atoms with Gasteiger partial charge in [-0.15, -0.1) is 0 Å². The van der Waals surface area contributed by atoms with E-state index in [1.165, 1.54) is 16.7 Å². The number of benzene rings is 1. The Labute approximate surface area is 123 Å². The third kappa shape index (κ3) is 3.07. The second kappa shape index (κ2) is 5.88. The maximum Gasteiger partial charge on any atom is 0.123 e. The van der Waals surface area contributed by atoms with Gasteiger partial charge >= 0.3 is 0 Å². The van der Waals surface area contributed by atoms with Gasteiger partial charge in [-0.05, 0) is 53.7 Å². The SMILES string of the molecule is Cc1ccc(C)c(CCc2nc(CN)n(C)c2Br)c1. The predicted octanol–water partition coefficient (Wildman–Crippen LogP) is 3.04. The lowest BCUT2D eigenvalue weighted by molar-refractivity contribution is 0.781. The van der Waals surface area contributed by atoms with Crippen molar-refractivity contribution in [3.8, 4) is 0 Å². The number of nitrogens with two attached hydrogens (primary N) is 1. The van der Waals surface area contributed by atoms with Gasteiger partial charge in [-0.3, -0.25) is 0 Å². The fraction of sp³-hybridized carbons (Fsp3) is 0.400. The number of nitrogens with zero attached hydrogens (tertiary/aromatic N) is 2. The molecule has 2 rings (SSSR count). The van der Waals surface area contributed by atoms with Crippen LogP contribution in [0.3, 0.4) is 0 Å². The zero-order valence-corrected chi connectivity index (χ0v) is 13.3.